The van der Waals surface area contributed by atoms with Crippen molar-refractivity contribution in [3.63, 3.8) is 0 Å². The Bertz CT molecular complexity index is 752. The number of fused-ring (bicyclic) bond motifs is 1. The van der Waals surface area contributed by atoms with Gasteiger partial charge in [0.05, 0.1) is 6.33 Å². The number of aliphatic hydroxyl groups is 2. The molecule has 1 aliphatic heterocycles. The maximum Gasteiger partial charge on any atom is 0.303 e. The van der Waals surface area contributed by atoms with Gasteiger partial charge in [-0.1, -0.05) is 0 Å². The van der Waals surface area contributed by atoms with E-state index in [0.29, 0.717) is 24.1 Å². The molecule has 136 valence electrons. The zero-order chi connectivity index (χ0) is 18.0. The summed E-state index contributed by atoms with van der Waals surface area (Å²) in [5.41, 5.74) is 6.53. The Morgan fingerprint density at radius 1 is 1.32 bits per heavy atom. The van der Waals surface area contributed by atoms with Gasteiger partial charge in [0, 0.05) is 13.0 Å². The Balaban J connectivity index is 1.65. The van der Waals surface area contributed by atoms with Crippen molar-refractivity contribution in [2.24, 2.45) is 0 Å². The lowest BCUT2D eigenvalue weighted by Crippen LogP contribution is -2.38. The molecule has 2 aromatic rings. The summed E-state index contributed by atoms with van der Waals surface area (Å²) >= 11 is 0. The number of aromatic nitrogens is 4. The molecule has 1 aliphatic rings. The lowest BCUT2D eigenvalue weighted by atomic mass is 10.1. The van der Waals surface area contributed by atoms with Gasteiger partial charge in [-0.25, -0.2) is 15.0 Å². The number of ether oxygens (including phenoxy) is 1. The standard InChI is InChI=1S/C14H20N6O5/c15-12-9-13(18-5-17-12)20(6-19-9)14-11(24)10(23)7(25-14)4-16-3-1-2-8(21)22/h5-7,10-11,14,16,23-24H,1-4H2,(H,21,22)(H2,15,17,18)/t7-,10-,11-,14-/m1/s1. The van der Waals surface area contributed by atoms with Gasteiger partial charge in [0.2, 0.25) is 0 Å². The monoisotopic (exact) mass is 352 g/mol. The highest BCUT2D eigenvalue weighted by Gasteiger charge is 2.44. The first-order valence-corrected chi connectivity index (χ1v) is 7.86. The van der Waals surface area contributed by atoms with E-state index in [9.17, 15) is 15.0 Å². The van der Waals surface area contributed by atoms with Gasteiger partial charge in [0.15, 0.2) is 17.7 Å². The number of nitrogen functional groups attached to an aromatic ring is 1. The number of anilines is 1. The van der Waals surface area contributed by atoms with Crippen LogP contribution < -0.4 is 11.1 Å². The van der Waals surface area contributed by atoms with E-state index in [2.05, 4.69) is 20.3 Å². The topological polar surface area (TPSA) is 169 Å². The van der Waals surface area contributed by atoms with E-state index in [1.54, 1.807) is 0 Å². The molecule has 0 saturated carbocycles. The van der Waals surface area contributed by atoms with Crippen LogP contribution in [0.25, 0.3) is 11.2 Å². The van der Waals surface area contributed by atoms with Crippen molar-refractivity contribution in [3.8, 4) is 0 Å². The molecule has 0 aromatic carbocycles. The molecule has 11 heteroatoms. The third-order valence-electron chi connectivity index (χ3n) is 4.09. The second-order valence-corrected chi connectivity index (χ2v) is 5.83. The van der Waals surface area contributed by atoms with Crippen LogP contribution in [0, 0.1) is 0 Å². The van der Waals surface area contributed by atoms with E-state index in [-0.39, 0.29) is 18.8 Å². The van der Waals surface area contributed by atoms with Crippen LogP contribution in [0.1, 0.15) is 19.1 Å². The third-order valence-corrected chi connectivity index (χ3v) is 4.09. The predicted molar refractivity (Wildman–Crippen MR) is 85.4 cm³/mol. The lowest BCUT2D eigenvalue weighted by Gasteiger charge is -2.16. The number of nitrogens with one attached hydrogen (secondary N) is 1. The number of hydrogen-bond acceptors (Lipinski definition) is 9. The SMILES string of the molecule is Nc1ncnc2c1ncn2[C@@H]1O[C@H](CNCCCC(=O)O)[C@@H](O)[C@H]1O. The molecule has 0 bridgehead atoms. The van der Waals surface area contributed by atoms with Crippen LogP contribution in [0.2, 0.25) is 0 Å². The highest BCUT2D eigenvalue weighted by atomic mass is 16.6. The molecule has 25 heavy (non-hydrogen) atoms. The van der Waals surface area contributed by atoms with Gasteiger partial charge in [-0.3, -0.25) is 9.36 Å². The molecular weight excluding hydrogens is 332 g/mol. The fraction of sp³-hybridized carbons (Fsp3) is 0.571. The van der Waals surface area contributed by atoms with E-state index >= 15 is 0 Å². The number of carbonyl (C=O) groups is 1. The average molecular weight is 352 g/mol. The van der Waals surface area contributed by atoms with Crippen LogP contribution in [-0.4, -0.2) is 72.2 Å². The molecule has 0 unspecified atom stereocenters. The summed E-state index contributed by atoms with van der Waals surface area (Å²) in [5.74, 6) is -0.642. The van der Waals surface area contributed by atoms with Crippen molar-refractivity contribution >= 4 is 23.0 Å². The first-order valence-electron chi connectivity index (χ1n) is 7.86. The van der Waals surface area contributed by atoms with Crippen molar-refractivity contribution in [1.82, 2.24) is 24.8 Å². The van der Waals surface area contributed by atoms with E-state index in [1.165, 1.54) is 17.2 Å². The van der Waals surface area contributed by atoms with Gasteiger partial charge >= 0.3 is 5.97 Å². The number of aliphatic carboxylic acids is 1. The lowest BCUT2D eigenvalue weighted by molar-refractivity contribution is -0.137. The van der Waals surface area contributed by atoms with Crippen molar-refractivity contribution in [2.75, 3.05) is 18.8 Å². The third kappa shape index (κ3) is 3.54. The minimum Gasteiger partial charge on any atom is -0.481 e. The minimum atomic E-state index is -1.17. The molecule has 2 aromatic heterocycles. The van der Waals surface area contributed by atoms with Crippen LogP contribution in [0.4, 0.5) is 5.82 Å². The number of carboxylic acid groups (broad SMARTS) is 1. The highest BCUT2D eigenvalue weighted by Crippen LogP contribution is 2.31. The van der Waals surface area contributed by atoms with Crippen molar-refractivity contribution in [3.05, 3.63) is 12.7 Å². The van der Waals surface area contributed by atoms with Crippen LogP contribution >= 0.6 is 0 Å². The summed E-state index contributed by atoms with van der Waals surface area (Å²) in [4.78, 5) is 22.5. The number of nitrogens with two attached hydrogens (primary N) is 1. The normalized spacial score (nSPS) is 26.3. The maximum atomic E-state index is 10.5. The number of aliphatic hydroxyl groups excluding tert-OH is 2. The van der Waals surface area contributed by atoms with Crippen molar-refractivity contribution in [2.45, 2.75) is 37.4 Å². The van der Waals surface area contributed by atoms with Gasteiger partial charge in [-0.2, -0.15) is 0 Å². The van der Waals surface area contributed by atoms with Crippen LogP contribution in [0.15, 0.2) is 12.7 Å². The summed E-state index contributed by atoms with van der Waals surface area (Å²) in [7, 11) is 0. The van der Waals surface area contributed by atoms with Gasteiger partial charge < -0.3 is 31.1 Å². The Morgan fingerprint density at radius 2 is 2.12 bits per heavy atom. The molecule has 3 heterocycles. The Kier molecular flexibility index (Phi) is 5.08. The number of nitrogens with zero attached hydrogens (tertiary/aromatic N) is 4. The smallest absolute Gasteiger partial charge is 0.303 e. The van der Waals surface area contributed by atoms with E-state index in [4.69, 9.17) is 15.6 Å². The Morgan fingerprint density at radius 3 is 2.88 bits per heavy atom. The van der Waals surface area contributed by atoms with Crippen LogP contribution in [-0.2, 0) is 9.53 Å². The van der Waals surface area contributed by atoms with E-state index < -0.39 is 30.5 Å². The second kappa shape index (κ2) is 7.27. The molecule has 0 radical (unpaired) electrons. The van der Waals surface area contributed by atoms with Gasteiger partial charge in [-0.05, 0) is 13.0 Å². The predicted octanol–water partition coefficient (Wildman–Crippen LogP) is -1.52. The van der Waals surface area contributed by atoms with Gasteiger partial charge in [0.25, 0.3) is 0 Å². The maximum absolute atomic E-state index is 10.5. The molecule has 1 saturated heterocycles. The number of rotatable bonds is 7. The zero-order valence-corrected chi connectivity index (χ0v) is 13.3. The Labute approximate surface area is 142 Å². The molecule has 6 N–H and O–H groups in total. The molecule has 0 spiro atoms. The minimum absolute atomic E-state index is 0.0640. The van der Waals surface area contributed by atoms with Crippen LogP contribution in [0.5, 0.6) is 0 Å². The fourth-order valence-electron chi connectivity index (χ4n) is 2.79. The van der Waals surface area contributed by atoms with Gasteiger partial charge in [-0.15, -0.1) is 0 Å². The van der Waals surface area contributed by atoms with Crippen molar-refractivity contribution < 1.29 is 24.9 Å². The quantitative estimate of drug-likeness (QED) is 0.369. The van der Waals surface area contributed by atoms with E-state index in [1.807, 2.05) is 0 Å². The average Bonchev–Trinajstić information content (AvgIpc) is 3.11. The molecule has 3 rings (SSSR count). The largest absolute Gasteiger partial charge is 0.481 e. The van der Waals surface area contributed by atoms with Crippen LogP contribution in [0.3, 0.4) is 0 Å². The number of hydrogen-bond donors (Lipinski definition) is 5. The summed E-state index contributed by atoms with van der Waals surface area (Å²) in [5, 5.41) is 32.1. The number of imidazole rings is 1. The molecule has 0 aliphatic carbocycles. The summed E-state index contributed by atoms with van der Waals surface area (Å²) in [6, 6.07) is 0. The fourth-order valence-corrected chi connectivity index (χ4v) is 2.79. The van der Waals surface area contributed by atoms with E-state index in [0.717, 1.165) is 0 Å². The molecule has 0 amide bonds. The first kappa shape index (κ1) is 17.5. The highest BCUT2D eigenvalue weighted by molar-refractivity contribution is 5.81. The van der Waals surface area contributed by atoms with Crippen molar-refractivity contribution in [1.29, 1.82) is 0 Å². The molecular formula is C14H20N6O5. The number of carboxylic acids is 1. The molecule has 4 atom stereocenters. The Hall–Kier alpha value is -2.34. The summed E-state index contributed by atoms with van der Waals surface area (Å²) in [6.45, 7) is 0.746. The second-order valence-electron chi connectivity index (χ2n) is 5.83. The zero-order valence-electron chi connectivity index (χ0n) is 13.3. The van der Waals surface area contributed by atoms with Gasteiger partial charge in [0.1, 0.15) is 30.2 Å². The summed E-state index contributed by atoms with van der Waals surface area (Å²) in [6.07, 6.45) is -0.538. The summed E-state index contributed by atoms with van der Waals surface area (Å²) < 4.78 is 7.25. The molecule has 1 fully saturated rings. The first-order chi connectivity index (χ1) is 12.0. The molecule has 11 nitrogen and oxygen atoms in total.